The lowest BCUT2D eigenvalue weighted by atomic mass is 9.91. The van der Waals surface area contributed by atoms with Crippen LogP contribution in [0, 0.1) is 0 Å². The Morgan fingerprint density at radius 3 is 2.80 bits per heavy atom. The van der Waals surface area contributed by atoms with Gasteiger partial charge in [0.1, 0.15) is 5.82 Å². The van der Waals surface area contributed by atoms with Crippen LogP contribution in [-0.4, -0.2) is 39.3 Å². The number of carboxylic acid groups (broad SMARTS) is 1. The molecule has 0 bridgehead atoms. The molecule has 0 aromatic carbocycles. The molecule has 3 rings (SSSR count). The van der Waals surface area contributed by atoms with E-state index in [1.807, 2.05) is 18.5 Å². The third kappa shape index (κ3) is 2.49. The van der Waals surface area contributed by atoms with Crippen LogP contribution in [0.5, 0.6) is 0 Å². The lowest BCUT2D eigenvalue weighted by Crippen LogP contribution is -2.33. The van der Waals surface area contributed by atoms with E-state index in [0.29, 0.717) is 5.92 Å². The molecule has 1 fully saturated rings. The van der Waals surface area contributed by atoms with Crippen molar-refractivity contribution in [3.8, 4) is 0 Å². The molecule has 2 aromatic rings. The molecule has 2 N–H and O–H groups in total. The molecule has 0 spiro atoms. The standard InChI is InChI=1S/C14H16N4O2/c19-14(20)12-2-1-3-13(17-12)18-6-4-10(5-7-18)11-8-15-16-9-11/h1-3,8-10H,4-7H2,(H,15,16)(H,19,20). The van der Waals surface area contributed by atoms with E-state index in [1.54, 1.807) is 6.07 Å². The number of carboxylic acids is 1. The number of carbonyl (C=O) groups is 1. The number of aromatic carboxylic acids is 1. The number of piperidine rings is 1. The summed E-state index contributed by atoms with van der Waals surface area (Å²) in [4.78, 5) is 17.3. The van der Waals surface area contributed by atoms with Gasteiger partial charge in [0.05, 0.1) is 6.20 Å². The third-order valence-electron chi connectivity index (χ3n) is 3.76. The maximum absolute atomic E-state index is 11.0. The second kappa shape index (κ2) is 5.32. The third-order valence-corrected chi connectivity index (χ3v) is 3.76. The molecule has 0 aliphatic carbocycles. The van der Waals surface area contributed by atoms with Crippen LogP contribution in [0.2, 0.25) is 0 Å². The SMILES string of the molecule is O=C(O)c1cccc(N2CCC(c3cn[nH]c3)CC2)n1. The molecule has 0 atom stereocenters. The molecule has 0 amide bonds. The molecule has 1 aliphatic heterocycles. The number of nitrogens with one attached hydrogen (secondary N) is 1. The maximum Gasteiger partial charge on any atom is 0.354 e. The van der Waals surface area contributed by atoms with Gasteiger partial charge in [-0.1, -0.05) is 6.07 Å². The predicted octanol–water partition coefficient (Wildman–Crippen LogP) is 1.89. The second-order valence-corrected chi connectivity index (χ2v) is 4.98. The predicted molar refractivity (Wildman–Crippen MR) is 74.0 cm³/mol. The first-order valence-corrected chi connectivity index (χ1v) is 6.68. The lowest BCUT2D eigenvalue weighted by Gasteiger charge is -2.32. The van der Waals surface area contributed by atoms with E-state index >= 15 is 0 Å². The fraction of sp³-hybridized carbons (Fsp3) is 0.357. The zero-order valence-electron chi connectivity index (χ0n) is 11.0. The molecule has 1 aliphatic rings. The Kier molecular flexibility index (Phi) is 3.37. The van der Waals surface area contributed by atoms with E-state index in [4.69, 9.17) is 5.11 Å². The van der Waals surface area contributed by atoms with Gasteiger partial charge in [0, 0.05) is 19.3 Å². The number of aromatic nitrogens is 3. The number of rotatable bonds is 3. The van der Waals surface area contributed by atoms with Crippen LogP contribution in [0.25, 0.3) is 0 Å². The average molecular weight is 272 g/mol. The van der Waals surface area contributed by atoms with Crippen LogP contribution >= 0.6 is 0 Å². The van der Waals surface area contributed by atoms with Crippen LogP contribution in [0.3, 0.4) is 0 Å². The van der Waals surface area contributed by atoms with Crippen LogP contribution in [-0.2, 0) is 0 Å². The highest BCUT2D eigenvalue weighted by atomic mass is 16.4. The fourth-order valence-electron chi connectivity index (χ4n) is 2.64. The van der Waals surface area contributed by atoms with Crippen LogP contribution in [0.15, 0.2) is 30.6 Å². The first kappa shape index (κ1) is 12.7. The molecule has 0 radical (unpaired) electrons. The van der Waals surface area contributed by atoms with E-state index in [1.165, 1.54) is 11.6 Å². The van der Waals surface area contributed by atoms with Gasteiger partial charge in [0.15, 0.2) is 5.69 Å². The zero-order valence-corrected chi connectivity index (χ0v) is 11.0. The van der Waals surface area contributed by atoms with Gasteiger partial charge in [0.2, 0.25) is 0 Å². The van der Waals surface area contributed by atoms with Gasteiger partial charge in [-0.2, -0.15) is 5.10 Å². The van der Waals surface area contributed by atoms with E-state index in [9.17, 15) is 4.79 Å². The van der Waals surface area contributed by atoms with Crippen molar-refractivity contribution in [1.82, 2.24) is 15.2 Å². The number of nitrogens with zero attached hydrogens (tertiary/aromatic N) is 3. The van der Waals surface area contributed by atoms with Crippen molar-refractivity contribution in [1.29, 1.82) is 0 Å². The molecule has 2 aromatic heterocycles. The van der Waals surface area contributed by atoms with Gasteiger partial charge in [-0.05, 0) is 36.5 Å². The van der Waals surface area contributed by atoms with E-state index in [2.05, 4.69) is 20.1 Å². The van der Waals surface area contributed by atoms with Crippen molar-refractivity contribution >= 4 is 11.8 Å². The number of aromatic amines is 1. The van der Waals surface area contributed by atoms with Gasteiger partial charge in [-0.15, -0.1) is 0 Å². The van der Waals surface area contributed by atoms with Crippen LogP contribution in [0.1, 0.15) is 34.8 Å². The Hall–Kier alpha value is -2.37. The van der Waals surface area contributed by atoms with Crippen molar-refractivity contribution < 1.29 is 9.90 Å². The summed E-state index contributed by atoms with van der Waals surface area (Å²) >= 11 is 0. The van der Waals surface area contributed by atoms with Crippen molar-refractivity contribution in [3.05, 3.63) is 41.9 Å². The average Bonchev–Trinajstić information content (AvgIpc) is 3.02. The molecule has 0 saturated carbocycles. The normalized spacial score (nSPS) is 16.3. The van der Waals surface area contributed by atoms with Gasteiger partial charge >= 0.3 is 5.97 Å². The van der Waals surface area contributed by atoms with Gasteiger partial charge in [-0.3, -0.25) is 5.10 Å². The summed E-state index contributed by atoms with van der Waals surface area (Å²) in [7, 11) is 0. The van der Waals surface area contributed by atoms with Crippen molar-refractivity contribution in [3.63, 3.8) is 0 Å². The smallest absolute Gasteiger partial charge is 0.354 e. The first-order chi connectivity index (χ1) is 9.74. The molecular formula is C14H16N4O2. The molecular weight excluding hydrogens is 256 g/mol. The summed E-state index contributed by atoms with van der Waals surface area (Å²) in [5, 5.41) is 15.8. The Bertz CT molecular complexity index is 589. The van der Waals surface area contributed by atoms with Gasteiger partial charge in [-0.25, -0.2) is 9.78 Å². The van der Waals surface area contributed by atoms with Crippen molar-refractivity contribution in [2.45, 2.75) is 18.8 Å². The summed E-state index contributed by atoms with van der Waals surface area (Å²) in [6, 6.07) is 5.13. The molecule has 6 heteroatoms. The Labute approximate surface area is 116 Å². The summed E-state index contributed by atoms with van der Waals surface area (Å²) in [5.74, 6) is 0.281. The summed E-state index contributed by atoms with van der Waals surface area (Å²) < 4.78 is 0. The highest BCUT2D eigenvalue weighted by molar-refractivity contribution is 5.85. The lowest BCUT2D eigenvalue weighted by molar-refractivity contribution is 0.0690. The van der Waals surface area contributed by atoms with E-state index in [-0.39, 0.29) is 5.69 Å². The van der Waals surface area contributed by atoms with Crippen molar-refractivity contribution in [2.75, 3.05) is 18.0 Å². The van der Waals surface area contributed by atoms with E-state index in [0.717, 1.165) is 31.7 Å². The Balaban J connectivity index is 1.69. The van der Waals surface area contributed by atoms with E-state index < -0.39 is 5.97 Å². The minimum atomic E-state index is -0.986. The molecule has 20 heavy (non-hydrogen) atoms. The summed E-state index contributed by atoms with van der Waals surface area (Å²) in [5.41, 5.74) is 1.34. The number of anilines is 1. The summed E-state index contributed by atoms with van der Waals surface area (Å²) in [6.07, 6.45) is 5.88. The highest BCUT2D eigenvalue weighted by Gasteiger charge is 2.22. The maximum atomic E-state index is 11.0. The molecule has 1 saturated heterocycles. The first-order valence-electron chi connectivity index (χ1n) is 6.68. The van der Waals surface area contributed by atoms with Gasteiger partial charge in [0.25, 0.3) is 0 Å². The van der Waals surface area contributed by atoms with Gasteiger partial charge < -0.3 is 10.0 Å². The van der Waals surface area contributed by atoms with Crippen molar-refractivity contribution in [2.24, 2.45) is 0 Å². The molecule has 6 nitrogen and oxygen atoms in total. The molecule has 0 unspecified atom stereocenters. The van der Waals surface area contributed by atoms with Crippen LogP contribution < -0.4 is 4.90 Å². The number of hydrogen-bond acceptors (Lipinski definition) is 4. The topological polar surface area (TPSA) is 82.1 Å². The number of pyridine rings is 1. The highest BCUT2D eigenvalue weighted by Crippen LogP contribution is 2.29. The summed E-state index contributed by atoms with van der Waals surface area (Å²) in [6.45, 7) is 1.76. The molecule has 104 valence electrons. The minimum Gasteiger partial charge on any atom is -0.477 e. The monoisotopic (exact) mass is 272 g/mol. The quantitative estimate of drug-likeness (QED) is 0.891. The van der Waals surface area contributed by atoms with Crippen LogP contribution in [0.4, 0.5) is 5.82 Å². The Morgan fingerprint density at radius 2 is 2.15 bits per heavy atom. The fourth-order valence-corrected chi connectivity index (χ4v) is 2.64. The second-order valence-electron chi connectivity index (χ2n) is 4.98. The number of H-pyrrole nitrogens is 1. The largest absolute Gasteiger partial charge is 0.477 e. The zero-order chi connectivity index (χ0) is 13.9. The minimum absolute atomic E-state index is 0.0967. The Morgan fingerprint density at radius 1 is 1.35 bits per heavy atom. The number of hydrogen-bond donors (Lipinski definition) is 2. The molecule has 3 heterocycles.